The van der Waals surface area contributed by atoms with Gasteiger partial charge < -0.3 is 0 Å². The minimum Gasteiger partial charge on any atom is -0.225 e. The predicted octanol–water partition coefficient (Wildman–Crippen LogP) is 4.03. The third-order valence-corrected chi connectivity index (χ3v) is 3.67. The van der Waals surface area contributed by atoms with Gasteiger partial charge in [-0.15, -0.1) is 11.8 Å². The summed E-state index contributed by atoms with van der Waals surface area (Å²) in [5.41, 5.74) is 0. The van der Waals surface area contributed by atoms with Crippen molar-refractivity contribution in [1.29, 1.82) is 0 Å². The first-order chi connectivity index (χ1) is 6.59. The van der Waals surface area contributed by atoms with Crippen LogP contribution >= 0.6 is 39.3 Å². The number of halogens is 2. The van der Waals surface area contributed by atoms with Gasteiger partial charge in [-0.05, 0) is 45.6 Å². The van der Waals surface area contributed by atoms with Crippen LogP contribution in [0.25, 0.3) is 0 Å². The molecule has 0 aliphatic carbocycles. The Kier molecular flexibility index (Phi) is 5.20. The van der Waals surface area contributed by atoms with Gasteiger partial charge in [-0.3, -0.25) is 0 Å². The maximum atomic E-state index is 5.70. The number of rotatable bonds is 4. The van der Waals surface area contributed by atoms with E-state index >= 15 is 0 Å². The molecule has 0 bridgehead atoms. The topological polar surface area (TPSA) is 25.8 Å². The van der Waals surface area contributed by atoms with Crippen molar-refractivity contribution in [2.24, 2.45) is 5.92 Å². The van der Waals surface area contributed by atoms with Gasteiger partial charge in [0.05, 0.1) is 4.47 Å². The van der Waals surface area contributed by atoms with E-state index in [9.17, 15) is 0 Å². The van der Waals surface area contributed by atoms with Crippen molar-refractivity contribution in [3.05, 3.63) is 16.0 Å². The summed E-state index contributed by atoms with van der Waals surface area (Å²) >= 11 is 10.8. The smallest absolute Gasteiger partial charge is 0.223 e. The minimum atomic E-state index is 0.306. The Labute approximate surface area is 102 Å². The average Bonchev–Trinajstić information content (AvgIpc) is 2.10. The van der Waals surface area contributed by atoms with E-state index < -0.39 is 0 Å². The fraction of sp³-hybridized carbons (Fsp3) is 0.556. The molecule has 1 rings (SSSR count). The number of thioether (sulfide) groups is 1. The SMILES string of the molecule is CC(C)CCSc1nc(Cl)ncc1Br. The fourth-order valence-electron chi connectivity index (χ4n) is 0.824. The molecular weight excluding hydrogens is 284 g/mol. The Hall–Kier alpha value is 0.200. The fourth-order valence-corrected chi connectivity index (χ4v) is 2.67. The van der Waals surface area contributed by atoms with Crippen LogP contribution in [-0.2, 0) is 0 Å². The standard InChI is InChI=1S/C9H12BrClN2S/c1-6(2)3-4-14-8-7(10)5-12-9(11)13-8/h5-6H,3-4H2,1-2H3. The van der Waals surface area contributed by atoms with E-state index in [4.69, 9.17) is 11.6 Å². The van der Waals surface area contributed by atoms with Gasteiger partial charge in [-0.1, -0.05) is 13.8 Å². The van der Waals surface area contributed by atoms with Gasteiger partial charge in [-0.2, -0.15) is 0 Å². The molecule has 1 aromatic rings. The molecule has 0 radical (unpaired) electrons. The van der Waals surface area contributed by atoms with Crippen LogP contribution in [0.5, 0.6) is 0 Å². The number of aromatic nitrogens is 2. The first kappa shape index (κ1) is 12.3. The van der Waals surface area contributed by atoms with Crippen molar-refractivity contribution in [3.8, 4) is 0 Å². The lowest BCUT2D eigenvalue weighted by Crippen LogP contribution is -1.92. The molecule has 0 atom stereocenters. The maximum Gasteiger partial charge on any atom is 0.223 e. The third kappa shape index (κ3) is 4.15. The molecule has 0 saturated carbocycles. The Bertz CT molecular complexity index is 307. The van der Waals surface area contributed by atoms with E-state index in [1.54, 1.807) is 18.0 Å². The van der Waals surface area contributed by atoms with Crippen LogP contribution in [-0.4, -0.2) is 15.7 Å². The van der Waals surface area contributed by atoms with Gasteiger partial charge in [0.25, 0.3) is 0 Å². The first-order valence-corrected chi connectivity index (χ1v) is 6.56. The molecule has 14 heavy (non-hydrogen) atoms. The molecule has 1 aromatic heterocycles. The normalized spacial score (nSPS) is 10.9. The molecule has 0 amide bonds. The predicted molar refractivity (Wildman–Crippen MR) is 64.9 cm³/mol. The number of hydrogen-bond donors (Lipinski definition) is 0. The van der Waals surface area contributed by atoms with E-state index in [-0.39, 0.29) is 0 Å². The molecule has 0 unspecified atom stereocenters. The van der Waals surface area contributed by atoms with Gasteiger partial charge in [0.1, 0.15) is 5.03 Å². The van der Waals surface area contributed by atoms with Gasteiger partial charge in [0, 0.05) is 6.20 Å². The Morgan fingerprint density at radius 1 is 1.57 bits per heavy atom. The highest BCUT2D eigenvalue weighted by atomic mass is 79.9. The summed E-state index contributed by atoms with van der Waals surface area (Å²) < 4.78 is 0.913. The summed E-state index contributed by atoms with van der Waals surface area (Å²) in [5.74, 6) is 1.78. The largest absolute Gasteiger partial charge is 0.225 e. The lowest BCUT2D eigenvalue weighted by atomic mass is 10.2. The van der Waals surface area contributed by atoms with E-state index in [0.717, 1.165) is 21.2 Å². The highest BCUT2D eigenvalue weighted by Gasteiger charge is 2.04. The zero-order chi connectivity index (χ0) is 10.6. The molecule has 0 aliphatic heterocycles. The third-order valence-electron chi connectivity index (χ3n) is 1.62. The molecule has 5 heteroatoms. The van der Waals surface area contributed by atoms with Crippen molar-refractivity contribution in [1.82, 2.24) is 9.97 Å². The Balaban J connectivity index is 2.53. The molecule has 0 N–H and O–H groups in total. The van der Waals surface area contributed by atoms with E-state index in [1.807, 2.05) is 0 Å². The second-order valence-corrected chi connectivity index (χ2v) is 5.60. The van der Waals surface area contributed by atoms with Crippen molar-refractivity contribution in [2.45, 2.75) is 25.3 Å². The maximum absolute atomic E-state index is 5.70. The van der Waals surface area contributed by atoms with Crippen LogP contribution in [0.1, 0.15) is 20.3 Å². The monoisotopic (exact) mass is 294 g/mol. The molecule has 2 nitrogen and oxygen atoms in total. The lowest BCUT2D eigenvalue weighted by Gasteiger charge is -2.05. The summed E-state index contributed by atoms with van der Waals surface area (Å²) in [6.45, 7) is 4.42. The van der Waals surface area contributed by atoms with Crippen LogP contribution in [0.2, 0.25) is 5.28 Å². The van der Waals surface area contributed by atoms with Crippen molar-refractivity contribution in [3.63, 3.8) is 0 Å². The van der Waals surface area contributed by atoms with Crippen LogP contribution in [0.15, 0.2) is 15.7 Å². The molecular formula is C9H12BrClN2S. The van der Waals surface area contributed by atoms with Crippen LogP contribution in [0, 0.1) is 5.92 Å². The lowest BCUT2D eigenvalue weighted by molar-refractivity contribution is 0.632. The Morgan fingerprint density at radius 3 is 2.93 bits per heavy atom. The summed E-state index contributed by atoms with van der Waals surface area (Å²) in [5, 5.41) is 1.23. The zero-order valence-corrected chi connectivity index (χ0v) is 11.3. The zero-order valence-electron chi connectivity index (χ0n) is 8.13. The molecule has 0 saturated heterocycles. The quantitative estimate of drug-likeness (QED) is 0.476. The second kappa shape index (κ2) is 5.93. The van der Waals surface area contributed by atoms with E-state index in [2.05, 4.69) is 39.7 Å². The Morgan fingerprint density at radius 2 is 2.29 bits per heavy atom. The molecule has 0 fully saturated rings. The number of nitrogens with zero attached hydrogens (tertiary/aromatic N) is 2. The molecule has 0 aliphatic rings. The van der Waals surface area contributed by atoms with Crippen molar-refractivity contribution < 1.29 is 0 Å². The summed E-state index contributed by atoms with van der Waals surface area (Å²) in [6, 6.07) is 0. The van der Waals surface area contributed by atoms with Gasteiger partial charge >= 0.3 is 0 Å². The molecule has 0 aromatic carbocycles. The summed E-state index contributed by atoms with van der Waals surface area (Å²) in [4.78, 5) is 8.02. The average molecular weight is 296 g/mol. The highest BCUT2D eigenvalue weighted by Crippen LogP contribution is 2.26. The van der Waals surface area contributed by atoms with Crippen LogP contribution < -0.4 is 0 Å². The molecule has 78 valence electrons. The minimum absolute atomic E-state index is 0.306. The van der Waals surface area contributed by atoms with Crippen LogP contribution in [0.3, 0.4) is 0 Å². The molecule has 0 spiro atoms. The summed E-state index contributed by atoms with van der Waals surface area (Å²) in [7, 11) is 0. The van der Waals surface area contributed by atoms with E-state index in [1.165, 1.54) is 6.42 Å². The molecule has 1 heterocycles. The van der Waals surface area contributed by atoms with Crippen LogP contribution in [0.4, 0.5) is 0 Å². The van der Waals surface area contributed by atoms with E-state index in [0.29, 0.717) is 5.28 Å². The van der Waals surface area contributed by atoms with Gasteiger partial charge in [0.2, 0.25) is 5.28 Å². The highest BCUT2D eigenvalue weighted by molar-refractivity contribution is 9.10. The second-order valence-electron chi connectivity index (χ2n) is 3.32. The first-order valence-electron chi connectivity index (χ1n) is 4.40. The van der Waals surface area contributed by atoms with Gasteiger partial charge in [-0.25, -0.2) is 9.97 Å². The number of hydrogen-bond acceptors (Lipinski definition) is 3. The van der Waals surface area contributed by atoms with Crippen molar-refractivity contribution >= 4 is 39.3 Å². The van der Waals surface area contributed by atoms with Crippen molar-refractivity contribution in [2.75, 3.05) is 5.75 Å². The summed E-state index contributed by atoms with van der Waals surface area (Å²) in [6.07, 6.45) is 2.87. The van der Waals surface area contributed by atoms with Gasteiger partial charge in [0.15, 0.2) is 0 Å².